The van der Waals surface area contributed by atoms with Crippen LogP contribution in [0.25, 0.3) is 0 Å². The molecule has 0 radical (unpaired) electrons. The van der Waals surface area contributed by atoms with Gasteiger partial charge in [0.2, 0.25) is 0 Å². The van der Waals surface area contributed by atoms with Crippen LogP contribution in [0, 0.1) is 0 Å². The van der Waals surface area contributed by atoms with Crippen molar-refractivity contribution in [2.75, 3.05) is 0 Å². The predicted molar refractivity (Wildman–Crippen MR) is 238 cm³/mol. The van der Waals surface area contributed by atoms with Gasteiger partial charge in [-0.15, -0.1) is 0 Å². The van der Waals surface area contributed by atoms with Crippen molar-refractivity contribution in [1.29, 1.82) is 0 Å². The molecule has 59 heavy (non-hydrogen) atoms. The molecular weight excluding hydrogens is 866 g/mol. The maximum absolute atomic E-state index is 10.4. The largest absolute Gasteiger partial charge is 2.00 e. The number of aliphatic hydroxyl groups is 2. The second kappa shape index (κ2) is 42.1. The molecule has 0 spiro atoms. The van der Waals surface area contributed by atoms with Gasteiger partial charge in [0.1, 0.15) is 0 Å². The van der Waals surface area contributed by atoms with Crippen molar-refractivity contribution in [3.05, 3.63) is 71.8 Å². The van der Waals surface area contributed by atoms with Gasteiger partial charge in [-0.1, -0.05) is 176 Å². The van der Waals surface area contributed by atoms with E-state index < -0.39 is 11.9 Å². The van der Waals surface area contributed by atoms with Crippen LogP contribution in [0.15, 0.2) is 60.7 Å². The summed E-state index contributed by atoms with van der Waals surface area (Å²) >= 11 is 0. The SMILES string of the molecule is CC(O)CCCCCCCC(CCCCCCCC(=O)[O-])OCc1ccccc1.CC(O)CCCCCCCC(CCCCCCCC(=O)[O-])OCc1ccccc1.[Ba+2]. The van der Waals surface area contributed by atoms with Gasteiger partial charge in [0.25, 0.3) is 0 Å². The van der Waals surface area contributed by atoms with Gasteiger partial charge in [-0.3, -0.25) is 0 Å². The average Bonchev–Trinajstić information content (AvgIpc) is 3.20. The fraction of sp³-hybridized carbons (Fsp3) is 0.720. The van der Waals surface area contributed by atoms with E-state index >= 15 is 0 Å². The molecule has 8 nitrogen and oxygen atoms in total. The summed E-state index contributed by atoms with van der Waals surface area (Å²) in [6.45, 7) is 5.06. The zero-order chi connectivity index (χ0) is 42.3. The smallest absolute Gasteiger partial charge is 0.550 e. The van der Waals surface area contributed by atoms with E-state index in [1.54, 1.807) is 0 Å². The van der Waals surface area contributed by atoms with E-state index in [1.165, 1.54) is 62.5 Å². The van der Waals surface area contributed by atoms with Crippen molar-refractivity contribution < 1.29 is 39.5 Å². The van der Waals surface area contributed by atoms with Crippen molar-refractivity contribution in [2.45, 2.75) is 231 Å². The van der Waals surface area contributed by atoms with Crippen LogP contribution in [0.4, 0.5) is 0 Å². The second-order valence-corrected chi connectivity index (χ2v) is 16.6. The van der Waals surface area contributed by atoms with E-state index in [9.17, 15) is 30.0 Å². The molecule has 4 unspecified atom stereocenters. The first-order valence-corrected chi connectivity index (χ1v) is 23.2. The normalized spacial score (nSPS) is 13.1. The van der Waals surface area contributed by atoms with Crippen LogP contribution in [0.2, 0.25) is 0 Å². The molecular formula is C50H82BaO8. The Bertz CT molecular complexity index is 1100. The van der Waals surface area contributed by atoms with Crippen molar-refractivity contribution >= 4 is 60.8 Å². The van der Waals surface area contributed by atoms with Gasteiger partial charge in [-0.2, -0.15) is 0 Å². The van der Waals surface area contributed by atoms with Crippen molar-refractivity contribution in [2.24, 2.45) is 0 Å². The third-order valence-corrected chi connectivity index (χ3v) is 10.8. The molecule has 2 aromatic rings. The zero-order valence-electron chi connectivity index (χ0n) is 37.3. The molecule has 0 aliphatic carbocycles. The summed E-state index contributed by atoms with van der Waals surface area (Å²) in [6, 6.07) is 20.7. The van der Waals surface area contributed by atoms with Crippen molar-refractivity contribution in [3.8, 4) is 0 Å². The van der Waals surface area contributed by atoms with Crippen LogP contribution < -0.4 is 10.2 Å². The number of benzene rings is 2. The maximum Gasteiger partial charge on any atom is 2.00 e. The number of hydrogen-bond donors (Lipinski definition) is 2. The van der Waals surface area contributed by atoms with E-state index in [-0.39, 0.29) is 73.9 Å². The van der Waals surface area contributed by atoms with Gasteiger partial charge >= 0.3 is 48.9 Å². The summed E-state index contributed by atoms with van der Waals surface area (Å²) in [5, 5.41) is 39.5. The molecule has 2 aromatic carbocycles. The number of carbonyl (C=O) groups excluding carboxylic acids is 2. The Morgan fingerprint density at radius 3 is 0.966 bits per heavy atom. The zero-order valence-corrected chi connectivity index (χ0v) is 41.8. The number of carbonyl (C=O) groups is 2. The summed E-state index contributed by atoms with van der Waals surface area (Å²) < 4.78 is 12.5. The van der Waals surface area contributed by atoms with Crippen LogP contribution in [-0.4, -0.2) is 95.4 Å². The Balaban J connectivity index is 0.00000112. The van der Waals surface area contributed by atoms with E-state index in [0.29, 0.717) is 25.4 Å². The molecule has 0 saturated carbocycles. The maximum atomic E-state index is 10.4. The van der Waals surface area contributed by atoms with E-state index in [0.717, 1.165) is 116 Å². The molecule has 0 heterocycles. The number of aliphatic hydroxyl groups excluding tert-OH is 2. The molecule has 0 aromatic heterocycles. The predicted octanol–water partition coefficient (Wildman–Crippen LogP) is 9.95. The number of rotatable bonds is 38. The number of carboxylic acid groups (broad SMARTS) is 2. The van der Waals surface area contributed by atoms with E-state index in [2.05, 4.69) is 24.3 Å². The third kappa shape index (κ3) is 40.6. The van der Waals surface area contributed by atoms with Crippen LogP contribution >= 0.6 is 0 Å². The van der Waals surface area contributed by atoms with Crippen molar-refractivity contribution in [1.82, 2.24) is 0 Å². The first kappa shape index (κ1) is 57.8. The average molecular weight is 949 g/mol. The van der Waals surface area contributed by atoms with Crippen LogP contribution in [0.5, 0.6) is 0 Å². The Labute approximate surface area is 400 Å². The summed E-state index contributed by atoms with van der Waals surface area (Å²) in [5.41, 5.74) is 2.44. The Kier molecular flexibility index (Phi) is 41.2. The molecule has 0 amide bonds. The minimum absolute atomic E-state index is 0. The first-order chi connectivity index (χ1) is 28.2. The quantitative estimate of drug-likeness (QED) is 0.0501. The molecule has 9 heteroatoms. The van der Waals surface area contributed by atoms with E-state index in [1.807, 2.05) is 50.2 Å². The molecule has 4 atom stereocenters. The van der Waals surface area contributed by atoms with Crippen molar-refractivity contribution in [3.63, 3.8) is 0 Å². The number of carboxylic acids is 2. The van der Waals surface area contributed by atoms with Gasteiger partial charge in [-0.25, -0.2) is 0 Å². The van der Waals surface area contributed by atoms with Gasteiger partial charge in [0.15, 0.2) is 0 Å². The summed E-state index contributed by atoms with van der Waals surface area (Å²) in [4.78, 5) is 20.9. The molecule has 2 N–H and O–H groups in total. The Morgan fingerprint density at radius 1 is 0.441 bits per heavy atom. The number of aliphatic carboxylic acids is 2. The van der Waals surface area contributed by atoms with Gasteiger partial charge in [0, 0.05) is 11.9 Å². The molecule has 0 aliphatic heterocycles. The van der Waals surface area contributed by atoms with Crippen LogP contribution in [-0.2, 0) is 32.3 Å². The molecule has 0 fully saturated rings. The topological polar surface area (TPSA) is 139 Å². The number of ether oxygens (including phenoxy) is 2. The van der Waals surface area contributed by atoms with Gasteiger partial charge in [0.05, 0.1) is 37.6 Å². The van der Waals surface area contributed by atoms with Gasteiger partial charge < -0.3 is 39.5 Å². The third-order valence-electron chi connectivity index (χ3n) is 10.8. The Morgan fingerprint density at radius 2 is 0.695 bits per heavy atom. The fourth-order valence-electron chi connectivity index (χ4n) is 7.23. The first-order valence-electron chi connectivity index (χ1n) is 23.2. The minimum Gasteiger partial charge on any atom is -0.550 e. The van der Waals surface area contributed by atoms with Crippen LogP contribution in [0.3, 0.4) is 0 Å². The fourth-order valence-corrected chi connectivity index (χ4v) is 7.23. The summed E-state index contributed by atoms with van der Waals surface area (Å²) in [5.74, 6) is -1.88. The molecule has 0 saturated heterocycles. The standard InChI is InChI=1S/2C25H42O4.Ba/c2*1-22(26)15-9-4-2-5-12-18-24(29-21-23-16-10-8-11-17-23)19-13-6-3-7-14-20-25(27)28;/h2*8,10-11,16-17,22,24,26H,2-7,9,12-15,18-21H2,1H3,(H,27,28);/q;;+2/p-2. The van der Waals surface area contributed by atoms with Crippen LogP contribution in [0.1, 0.15) is 205 Å². The molecule has 0 bridgehead atoms. The Hall–Kier alpha value is -1.21. The second-order valence-electron chi connectivity index (χ2n) is 16.6. The molecule has 2 rings (SSSR count). The van der Waals surface area contributed by atoms with E-state index in [4.69, 9.17) is 9.47 Å². The monoisotopic (exact) mass is 949 g/mol. The number of unbranched alkanes of at least 4 members (excludes halogenated alkanes) is 16. The molecule has 0 aliphatic rings. The minimum atomic E-state index is -0.940. The number of hydrogen-bond acceptors (Lipinski definition) is 8. The summed E-state index contributed by atoms with van der Waals surface area (Å²) in [7, 11) is 0. The summed E-state index contributed by atoms with van der Waals surface area (Å²) in [6.07, 6.45) is 28.9. The molecule has 332 valence electrons. The van der Waals surface area contributed by atoms with Gasteiger partial charge in [-0.05, 0) is 89.2 Å².